The summed E-state index contributed by atoms with van der Waals surface area (Å²) in [7, 11) is -1.92. The summed E-state index contributed by atoms with van der Waals surface area (Å²) in [5.41, 5.74) is 0. The van der Waals surface area contributed by atoms with E-state index in [9.17, 15) is 21.6 Å². The molecule has 1 aromatic heterocycles. The van der Waals surface area contributed by atoms with Crippen LogP contribution < -0.4 is 5.32 Å². The van der Waals surface area contributed by atoms with Crippen molar-refractivity contribution >= 4 is 15.8 Å². The second kappa shape index (κ2) is 4.61. The number of hydrogen-bond donors (Lipinski definition) is 1. The Bertz CT molecular complexity index is 605. The summed E-state index contributed by atoms with van der Waals surface area (Å²) in [4.78, 5) is 3.34. The summed E-state index contributed by atoms with van der Waals surface area (Å²) in [6.45, 7) is 1.60. The molecule has 6 nitrogen and oxygen atoms in total. The number of alkyl halides is 3. The Balaban J connectivity index is 2.11. The highest BCUT2D eigenvalue weighted by Crippen LogP contribution is 2.44. The zero-order chi connectivity index (χ0) is 15.2. The third kappa shape index (κ3) is 2.60. The topological polar surface area (TPSA) is 76.9 Å². The molecule has 1 aromatic rings. The van der Waals surface area contributed by atoms with E-state index < -0.39 is 26.6 Å². The molecule has 0 aromatic carbocycles. The average Bonchev–Trinajstić information content (AvgIpc) is 3.05. The van der Waals surface area contributed by atoms with Crippen LogP contribution in [0.4, 0.5) is 19.1 Å². The van der Waals surface area contributed by atoms with Gasteiger partial charge in [-0.15, -0.1) is 5.10 Å². The van der Waals surface area contributed by atoms with Crippen molar-refractivity contribution in [2.24, 2.45) is 7.05 Å². The summed E-state index contributed by atoms with van der Waals surface area (Å²) in [6.07, 6.45) is -3.59. The van der Waals surface area contributed by atoms with Crippen molar-refractivity contribution in [1.82, 2.24) is 14.8 Å². The molecule has 0 atom stereocenters. The van der Waals surface area contributed by atoms with Crippen LogP contribution in [0.5, 0.6) is 0 Å². The number of hydrogen-bond acceptors (Lipinski definition) is 5. The lowest BCUT2D eigenvalue weighted by Gasteiger charge is -2.15. The molecule has 0 saturated heterocycles. The maximum absolute atomic E-state index is 12.4. The maximum atomic E-state index is 12.4. The fraction of sp³-hybridized carbons (Fsp3) is 0.800. The van der Waals surface area contributed by atoms with Crippen LogP contribution in [0.3, 0.4) is 0 Å². The zero-order valence-electron chi connectivity index (χ0n) is 11.0. The van der Waals surface area contributed by atoms with E-state index in [2.05, 4.69) is 15.4 Å². The number of aryl methyl sites for hydroxylation is 1. The van der Waals surface area contributed by atoms with Crippen molar-refractivity contribution in [1.29, 1.82) is 0 Å². The van der Waals surface area contributed by atoms with Crippen molar-refractivity contribution in [3.63, 3.8) is 0 Å². The molecule has 1 aliphatic carbocycles. The highest BCUT2D eigenvalue weighted by atomic mass is 32.2. The van der Waals surface area contributed by atoms with E-state index in [-0.39, 0.29) is 18.2 Å². The minimum absolute atomic E-state index is 0.0152. The van der Waals surface area contributed by atoms with Gasteiger partial charge < -0.3 is 5.32 Å². The van der Waals surface area contributed by atoms with Gasteiger partial charge in [0.2, 0.25) is 5.95 Å². The van der Waals surface area contributed by atoms with Gasteiger partial charge in [-0.3, -0.25) is 0 Å². The lowest BCUT2D eigenvalue weighted by Crippen LogP contribution is -2.33. The average molecular weight is 312 g/mol. The van der Waals surface area contributed by atoms with E-state index in [0.29, 0.717) is 12.8 Å². The van der Waals surface area contributed by atoms with Crippen LogP contribution in [-0.4, -0.2) is 40.2 Å². The SMILES string of the molecule is CCS(=O)(=O)C1(CNc2nc(C(F)(F)F)nn2C)CC1. The predicted molar refractivity (Wildman–Crippen MR) is 65.9 cm³/mol. The number of nitrogens with zero attached hydrogens (tertiary/aromatic N) is 3. The molecule has 0 bridgehead atoms. The summed E-state index contributed by atoms with van der Waals surface area (Å²) in [5, 5.41) is 5.91. The standard InChI is InChI=1S/C10H15F3N4O2S/c1-3-20(18,19)9(4-5-9)6-14-8-15-7(10(11,12)13)16-17(8)2/h3-6H2,1-2H3,(H,14,15,16). The Labute approximate surface area is 114 Å². The first-order chi connectivity index (χ1) is 9.11. The van der Waals surface area contributed by atoms with Crippen molar-refractivity contribution in [2.45, 2.75) is 30.7 Å². The Morgan fingerprint density at radius 2 is 2.00 bits per heavy atom. The molecule has 1 heterocycles. The molecule has 10 heteroatoms. The Hall–Kier alpha value is -1.32. The minimum atomic E-state index is -4.62. The fourth-order valence-corrected chi connectivity index (χ4v) is 3.57. The quantitative estimate of drug-likeness (QED) is 0.884. The molecule has 0 aliphatic heterocycles. The normalized spacial score (nSPS) is 18.1. The number of anilines is 1. The molecule has 1 N–H and O–H groups in total. The van der Waals surface area contributed by atoms with E-state index in [0.717, 1.165) is 4.68 Å². The fourth-order valence-electron chi connectivity index (χ4n) is 1.94. The lowest BCUT2D eigenvalue weighted by atomic mass is 10.4. The molecule has 114 valence electrons. The third-order valence-corrected chi connectivity index (χ3v) is 6.06. The van der Waals surface area contributed by atoms with Crippen LogP contribution >= 0.6 is 0 Å². The lowest BCUT2D eigenvalue weighted by molar-refractivity contribution is -0.144. The van der Waals surface area contributed by atoms with Gasteiger partial charge in [0.25, 0.3) is 5.82 Å². The van der Waals surface area contributed by atoms with Gasteiger partial charge >= 0.3 is 6.18 Å². The van der Waals surface area contributed by atoms with Crippen molar-refractivity contribution in [3.8, 4) is 0 Å². The first-order valence-corrected chi connectivity index (χ1v) is 7.71. The second-order valence-electron chi connectivity index (χ2n) is 4.82. The number of rotatable bonds is 5. The van der Waals surface area contributed by atoms with Gasteiger partial charge in [0.05, 0.1) is 4.75 Å². The van der Waals surface area contributed by atoms with Gasteiger partial charge in [0.15, 0.2) is 9.84 Å². The molecular formula is C10H15F3N4O2S. The Morgan fingerprint density at radius 1 is 1.40 bits per heavy atom. The van der Waals surface area contributed by atoms with Crippen LogP contribution in [0.2, 0.25) is 0 Å². The van der Waals surface area contributed by atoms with E-state index >= 15 is 0 Å². The number of aromatic nitrogens is 3. The summed E-state index contributed by atoms with van der Waals surface area (Å²) in [6, 6.07) is 0. The molecule has 0 spiro atoms. The van der Waals surface area contributed by atoms with E-state index in [1.54, 1.807) is 6.92 Å². The molecule has 0 amide bonds. The number of sulfone groups is 1. The first kappa shape index (κ1) is 15.1. The molecule has 1 fully saturated rings. The van der Waals surface area contributed by atoms with Gasteiger partial charge in [-0.1, -0.05) is 6.92 Å². The summed E-state index contributed by atoms with van der Waals surface area (Å²) in [5.74, 6) is -1.32. The summed E-state index contributed by atoms with van der Waals surface area (Å²) >= 11 is 0. The molecule has 2 rings (SSSR count). The summed E-state index contributed by atoms with van der Waals surface area (Å²) < 4.78 is 61.2. The van der Waals surface area contributed by atoms with Crippen molar-refractivity contribution in [3.05, 3.63) is 5.82 Å². The molecule has 1 aliphatic rings. The van der Waals surface area contributed by atoms with E-state index in [1.165, 1.54) is 7.05 Å². The second-order valence-corrected chi connectivity index (χ2v) is 7.49. The van der Waals surface area contributed by atoms with Gasteiger partial charge in [-0.2, -0.15) is 18.2 Å². The monoisotopic (exact) mass is 312 g/mol. The number of halogens is 3. The van der Waals surface area contributed by atoms with Gasteiger partial charge in [-0.05, 0) is 12.8 Å². The Morgan fingerprint density at radius 3 is 2.40 bits per heavy atom. The van der Waals surface area contributed by atoms with Crippen LogP contribution in [-0.2, 0) is 23.1 Å². The van der Waals surface area contributed by atoms with Gasteiger partial charge in [0, 0.05) is 19.3 Å². The first-order valence-electron chi connectivity index (χ1n) is 6.06. The Kier molecular flexibility index (Phi) is 3.47. The van der Waals surface area contributed by atoms with E-state index in [4.69, 9.17) is 0 Å². The molecular weight excluding hydrogens is 297 g/mol. The minimum Gasteiger partial charge on any atom is -0.353 e. The zero-order valence-corrected chi connectivity index (χ0v) is 11.8. The van der Waals surface area contributed by atoms with Crippen molar-refractivity contribution in [2.75, 3.05) is 17.6 Å². The van der Waals surface area contributed by atoms with Crippen LogP contribution in [0.15, 0.2) is 0 Å². The molecule has 20 heavy (non-hydrogen) atoms. The number of nitrogens with one attached hydrogen (secondary N) is 1. The highest BCUT2D eigenvalue weighted by Gasteiger charge is 2.53. The molecule has 1 saturated carbocycles. The van der Waals surface area contributed by atoms with Gasteiger partial charge in [-0.25, -0.2) is 13.1 Å². The largest absolute Gasteiger partial charge is 0.453 e. The van der Waals surface area contributed by atoms with Crippen molar-refractivity contribution < 1.29 is 21.6 Å². The van der Waals surface area contributed by atoms with Crippen LogP contribution in [0.1, 0.15) is 25.6 Å². The van der Waals surface area contributed by atoms with Crippen LogP contribution in [0.25, 0.3) is 0 Å². The maximum Gasteiger partial charge on any atom is 0.453 e. The predicted octanol–water partition coefficient (Wildman–Crippen LogP) is 1.21. The van der Waals surface area contributed by atoms with Gasteiger partial charge in [0.1, 0.15) is 0 Å². The third-order valence-electron chi connectivity index (χ3n) is 3.43. The highest BCUT2D eigenvalue weighted by molar-refractivity contribution is 7.93. The molecule has 0 unspecified atom stereocenters. The molecule has 0 radical (unpaired) electrons. The smallest absolute Gasteiger partial charge is 0.353 e. The van der Waals surface area contributed by atoms with Crippen LogP contribution in [0, 0.1) is 0 Å². The van der Waals surface area contributed by atoms with E-state index in [1.807, 2.05) is 0 Å².